The Kier molecular flexibility index (Phi) is 3.84. The number of halogens is 1. The van der Waals surface area contributed by atoms with E-state index in [4.69, 9.17) is 5.11 Å². The number of nitrogens with zero attached hydrogens (tertiary/aromatic N) is 2. The van der Waals surface area contributed by atoms with E-state index in [1.54, 1.807) is 6.07 Å². The lowest BCUT2D eigenvalue weighted by Crippen LogP contribution is -2.41. The molecule has 0 spiro atoms. The van der Waals surface area contributed by atoms with Gasteiger partial charge in [-0.05, 0) is 18.2 Å². The lowest BCUT2D eigenvalue weighted by molar-refractivity contribution is -0.139. The average molecular weight is 282 g/mol. The number of aliphatic carboxylic acids is 1. The molecule has 1 fully saturated rings. The molecule has 100 valence electrons. The molecule has 0 unspecified atom stereocenters. The molecular formula is C12H11FN2O3S. The van der Waals surface area contributed by atoms with E-state index in [2.05, 4.69) is 4.99 Å². The van der Waals surface area contributed by atoms with Crippen LogP contribution in [-0.4, -0.2) is 39.3 Å². The van der Waals surface area contributed by atoms with Gasteiger partial charge in [0.25, 0.3) is 0 Å². The first-order valence-electron chi connectivity index (χ1n) is 5.47. The number of aliphatic imine (C=N–C) groups is 1. The van der Waals surface area contributed by atoms with Crippen molar-refractivity contribution in [3.63, 3.8) is 0 Å². The topological polar surface area (TPSA) is 70.0 Å². The predicted molar refractivity (Wildman–Crippen MR) is 69.9 cm³/mol. The summed E-state index contributed by atoms with van der Waals surface area (Å²) in [7, 11) is 1.52. The van der Waals surface area contributed by atoms with E-state index in [1.165, 1.54) is 30.1 Å². The highest BCUT2D eigenvalue weighted by Gasteiger charge is 2.33. The van der Waals surface area contributed by atoms with Crippen molar-refractivity contribution in [2.24, 2.45) is 4.99 Å². The molecule has 1 N–H and O–H groups in total. The third-order valence-corrected chi connectivity index (χ3v) is 3.81. The second-order valence-corrected chi connectivity index (χ2v) is 5.15. The highest BCUT2D eigenvalue weighted by atomic mass is 32.2. The van der Waals surface area contributed by atoms with E-state index in [9.17, 15) is 14.0 Å². The van der Waals surface area contributed by atoms with Gasteiger partial charge in [-0.2, -0.15) is 0 Å². The Bertz CT molecular complexity index is 562. The standard InChI is InChI=1S/C12H11FN2O3S/c1-15-10(16)6-9(11(17)18)19-12(15)14-8-4-2-3-7(13)5-8/h2-5,9H,6H2,1H3,(H,17,18)/t9-/m0/s1. The molecule has 1 saturated heterocycles. The Morgan fingerprint density at radius 2 is 2.32 bits per heavy atom. The number of rotatable bonds is 2. The molecule has 1 aromatic rings. The highest BCUT2D eigenvalue weighted by Crippen LogP contribution is 2.28. The first kappa shape index (κ1) is 13.5. The predicted octanol–water partition coefficient (Wildman–Crippen LogP) is 1.86. The number of amides is 1. The molecule has 0 aliphatic carbocycles. The van der Waals surface area contributed by atoms with Gasteiger partial charge in [0, 0.05) is 7.05 Å². The fourth-order valence-electron chi connectivity index (χ4n) is 1.55. The summed E-state index contributed by atoms with van der Waals surface area (Å²) in [6.45, 7) is 0. The van der Waals surface area contributed by atoms with Gasteiger partial charge in [-0.3, -0.25) is 14.5 Å². The zero-order chi connectivity index (χ0) is 14.0. The summed E-state index contributed by atoms with van der Waals surface area (Å²) in [5.41, 5.74) is 0.341. The smallest absolute Gasteiger partial charge is 0.317 e. The molecule has 19 heavy (non-hydrogen) atoms. The average Bonchev–Trinajstić information content (AvgIpc) is 2.34. The SMILES string of the molecule is CN1C(=O)C[C@@H](C(=O)O)SC1=Nc1cccc(F)c1. The fourth-order valence-corrected chi connectivity index (χ4v) is 2.54. The molecule has 0 radical (unpaired) electrons. The van der Waals surface area contributed by atoms with E-state index >= 15 is 0 Å². The van der Waals surface area contributed by atoms with Crippen LogP contribution in [0.4, 0.5) is 10.1 Å². The van der Waals surface area contributed by atoms with Crippen molar-refractivity contribution in [1.82, 2.24) is 4.90 Å². The van der Waals surface area contributed by atoms with Crippen molar-refractivity contribution in [3.05, 3.63) is 30.1 Å². The summed E-state index contributed by atoms with van der Waals surface area (Å²) in [5.74, 6) is -1.81. The molecule has 0 aromatic heterocycles. The molecule has 1 aliphatic rings. The molecule has 1 amide bonds. The van der Waals surface area contributed by atoms with Crippen LogP contribution in [0.25, 0.3) is 0 Å². The Morgan fingerprint density at radius 1 is 1.58 bits per heavy atom. The van der Waals surface area contributed by atoms with E-state index in [1.807, 2.05) is 0 Å². The van der Waals surface area contributed by atoms with E-state index < -0.39 is 17.0 Å². The Labute approximate surface area is 113 Å². The zero-order valence-electron chi connectivity index (χ0n) is 10.0. The summed E-state index contributed by atoms with van der Waals surface area (Å²) >= 11 is 0.985. The van der Waals surface area contributed by atoms with Crippen molar-refractivity contribution in [2.45, 2.75) is 11.7 Å². The number of amidine groups is 1. The summed E-state index contributed by atoms with van der Waals surface area (Å²) < 4.78 is 13.0. The van der Waals surface area contributed by atoms with Crippen LogP contribution in [0.3, 0.4) is 0 Å². The maximum atomic E-state index is 13.0. The number of hydrogen-bond acceptors (Lipinski definition) is 4. The summed E-state index contributed by atoms with van der Waals surface area (Å²) in [6.07, 6.45) is -0.0708. The molecule has 0 bridgehead atoms. The second kappa shape index (κ2) is 5.40. The maximum Gasteiger partial charge on any atom is 0.317 e. The van der Waals surface area contributed by atoms with Crippen LogP contribution in [0.1, 0.15) is 6.42 Å². The van der Waals surface area contributed by atoms with Gasteiger partial charge >= 0.3 is 5.97 Å². The van der Waals surface area contributed by atoms with Crippen LogP contribution in [-0.2, 0) is 9.59 Å². The van der Waals surface area contributed by atoms with Crippen LogP contribution in [0.2, 0.25) is 0 Å². The van der Waals surface area contributed by atoms with Gasteiger partial charge in [-0.15, -0.1) is 0 Å². The van der Waals surface area contributed by atoms with E-state index in [0.29, 0.717) is 5.69 Å². The third-order valence-electron chi connectivity index (χ3n) is 2.58. The van der Waals surface area contributed by atoms with Crippen molar-refractivity contribution < 1.29 is 19.1 Å². The Morgan fingerprint density at radius 3 is 2.95 bits per heavy atom. The van der Waals surface area contributed by atoms with Gasteiger partial charge in [0.2, 0.25) is 5.91 Å². The van der Waals surface area contributed by atoms with Gasteiger partial charge in [-0.25, -0.2) is 9.38 Å². The molecule has 1 heterocycles. The lowest BCUT2D eigenvalue weighted by Gasteiger charge is -2.27. The molecular weight excluding hydrogens is 271 g/mol. The summed E-state index contributed by atoms with van der Waals surface area (Å²) in [6, 6.07) is 5.58. The van der Waals surface area contributed by atoms with Gasteiger partial charge in [-0.1, -0.05) is 17.8 Å². The van der Waals surface area contributed by atoms with E-state index in [-0.39, 0.29) is 17.5 Å². The molecule has 7 heteroatoms. The molecule has 0 saturated carbocycles. The summed E-state index contributed by atoms with van der Waals surface area (Å²) in [5, 5.41) is 8.37. The van der Waals surface area contributed by atoms with Crippen LogP contribution >= 0.6 is 11.8 Å². The molecule has 5 nitrogen and oxygen atoms in total. The monoisotopic (exact) mass is 282 g/mol. The van der Waals surface area contributed by atoms with E-state index in [0.717, 1.165) is 11.8 Å². The molecule has 1 atom stereocenters. The number of thioether (sulfide) groups is 1. The van der Waals surface area contributed by atoms with Crippen molar-refractivity contribution >= 4 is 34.5 Å². The number of carboxylic acids is 1. The van der Waals surface area contributed by atoms with Crippen LogP contribution in [0.5, 0.6) is 0 Å². The number of hydrogen-bond donors (Lipinski definition) is 1. The van der Waals surface area contributed by atoms with Gasteiger partial charge in [0.1, 0.15) is 11.1 Å². The van der Waals surface area contributed by atoms with Crippen molar-refractivity contribution in [3.8, 4) is 0 Å². The van der Waals surface area contributed by atoms with Crippen LogP contribution in [0, 0.1) is 5.82 Å². The zero-order valence-corrected chi connectivity index (χ0v) is 10.9. The Hall–Kier alpha value is -1.89. The van der Waals surface area contributed by atoms with Gasteiger partial charge in [0.15, 0.2) is 5.17 Å². The first-order valence-corrected chi connectivity index (χ1v) is 6.35. The number of carbonyl (C=O) groups excluding carboxylic acids is 1. The fraction of sp³-hybridized carbons (Fsp3) is 0.250. The van der Waals surface area contributed by atoms with Crippen molar-refractivity contribution in [2.75, 3.05) is 7.05 Å². The maximum absolute atomic E-state index is 13.0. The minimum Gasteiger partial charge on any atom is -0.480 e. The van der Waals surface area contributed by atoms with Crippen molar-refractivity contribution in [1.29, 1.82) is 0 Å². The number of carboxylic acid groups (broad SMARTS) is 1. The normalized spacial score (nSPS) is 21.8. The molecule has 1 aliphatic heterocycles. The molecule has 1 aromatic carbocycles. The van der Waals surface area contributed by atoms with Crippen LogP contribution < -0.4 is 0 Å². The van der Waals surface area contributed by atoms with Crippen LogP contribution in [0.15, 0.2) is 29.3 Å². The number of benzene rings is 1. The quantitative estimate of drug-likeness (QED) is 0.899. The second-order valence-electron chi connectivity index (χ2n) is 3.98. The number of carbonyl (C=O) groups is 2. The minimum atomic E-state index is -1.06. The molecule has 2 rings (SSSR count). The third kappa shape index (κ3) is 3.11. The highest BCUT2D eigenvalue weighted by molar-refractivity contribution is 8.15. The van der Waals surface area contributed by atoms with Gasteiger partial charge in [0.05, 0.1) is 12.1 Å². The first-order chi connectivity index (χ1) is 8.97. The lowest BCUT2D eigenvalue weighted by atomic mass is 10.3. The minimum absolute atomic E-state index is 0.0708. The van der Waals surface area contributed by atoms with Gasteiger partial charge < -0.3 is 5.11 Å². The Balaban J connectivity index is 2.30. The largest absolute Gasteiger partial charge is 0.480 e. The summed E-state index contributed by atoms with van der Waals surface area (Å²) in [4.78, 5) is 28.0.